The first-order chi connectivity index (χ1) is 13.2. The Hall–Kier alpha value is -2.18. The SMILES string of the molecule is CCC1c2ccsc2CCN1C(=O)c1cccc(NC(=O)C2CCCO2)c1. The van der Waals surface area contributed by atoms with Gasteiger partial charge in [0.05, 0.1) is 6.04 Å². The highest BCUT2D eigenvalue weighted by Gasteiger charge is 2.31. The van der Waals surface area contributed by atoms with Gasteiger partial charge in [-0.25, -0.2) is 0 Å². The maximum Gasteiger partial charge on any atom is 0.254 e. The highest BCUT2D eigenvalue weighted by molar-refractivity contribution is 7.10. The smallest absolute Gasteiger partial charge is 0.254 e. The number of carbonyl (C=O) groups is 2. The van der Waals surface area contributed by atoms with Crippen LogP contribution in [0.1, 0.15) is 53.0 Å². The van der Waals surface area contributed by atoms with Crippen LogP contribution in [-0.2, 0) is 16.0 Å². The van der Waals surface area contributed by atoms with E-state index in [1.807, 2.05) is 23.1 Å². The lowest BCUT2D eigenvalue weighted by Gasteiger charge is -2.35. The van der Waals surface area contributed by atoms with Gasteiger partial charge >= 0.3 is 0 Å². The van der Waals surface area contributed by atoms with Crippen LogP contribution in [-0.4, -0.2) is 36.0 Å². The first-order valence-corrected chi connectivity index (χ1v) is 10.4. The van der Waals surface area contributed by atoms with Crippen LogP contribution in [0.25, 0.3) is 0 Å². The Morgan fingerprint density at radius 2 is 2.22 bits per heavy atom. The fraction of sp³-hybridized carbons (Fsp3) is 0.429. The third-order valence-electron chi connectivity index (χ3n) is 5.34. The van der Waals surface area contributed by atoms with Gasteiger partial charge in [-0.15, -0.1) is 11.3 Å². The van der Waals surface area contributed by atoms with E-state index in [1.54, 1.807) is 17.4 Å². The van der Waals surface area contributed by atoms with E-state index in [-0.39, 0.29) is 24.0 Å². The molecule has 1 N–H and O–H groups in total. The number of ether oxygens (including phenoxy) is 1. The number of thiophene rings is 1. The van der Waals surface area contributed by atoms with E-state index < -0.39 is 0 Å². The zero-order valence-corrected chi connectivity index (χ0v) is 16.3. The van der Waals surface area contributed by atoms with E-state index in [9.17, 15) is 9.59 Å². The molecule has 2 aliphatic rings. The number of carbonyl (C=O) groups excluding carboxylic acids is 2. The Labute approximate surface area is 163 Å². The van der Waals surface area contributed by atoms with Gasteiger partial charge in [-0.1, -0.05) is 13.0 Å². The minimum absolute atomic E-state index is 0.0203. The first-order valence-electron chi connectivity index (χ1n) is 9.57. The molecule has 27 heavy (non-hydrogen) atoms. The Morgan fingerprint density at radius 3 is 3.00 bits per heavy atom. The van der Waals surface area contributed by atoms with Crippen molar-refractivity contribution in [3.8, 4) is 0 Å². The summed E-state index contributed by atoms with van der Waals surface area (Å²) in [6.45, 7) is 3.49. The molecule has 0 saturated carbocycles. The maximum absolute atomic E-state index is 13.2. The number of nitrogens with one attached hydrogen (secondary N) is 1. The molecule has 3 heterocycles. The van der Waals surface area contributed by atoms with Crippen molar-refractivity contribution >= 4 is 28.8 Å². The van der Waals surface area contributed by atoms with Crippen LogP contribution in [0, 0.1) is 0 Å². The summed E-state index contributed by atoms with van der Waals surface area (Å²) in [5.41, 5.74) is 2.53. The van der Waals surface area contributed by atoms with Crippen molar-refractivity contribution < 1.29 is 14.3 Å². The zero-order valence-electron chi connectivity index (χ0n) is 15.4. The summed E-state index contributed by atoms with van der Waals surface area (Å²) in [5.74, 6) is -0.115. The summed E-state index contributed by atoms with van der Waals surface area (Å²) in [6.07, 6.45) is 3.08. The maximum atomic E-state index is 13.2. The van der Waals surface area contributed by atoms with E-state index in [2.05, 4.69) is 23.7 Å². The van der Waals surface area contributed by atoms with E-state index in [1.165, 1.54) is 10.4 Å². The lowest BCUT2D eigenvalue weighted by molar-refractivity contribution is -0.124. The van der Waals surface area contributed by atoms with Crippen molar-refractivity contribution in [2.75, 3.05) is 18.5 Å². The molecule has 4 rings (SSSR count). The molecular formula is C21H24N2O3S. The number of nitrogens with zero attached hydrogens (tertiary/aromatic N) is 1. The Balaban J connectivity index is 1.51. The van der Waals surface area contributed by atoms with Gasteiger partial charge in [-0.3, -0.25) is 9.59 Å². The molecule has 0 aliphatic carbocycles. The molecule has 5 nitrogen and oxygen atoms in total. The van der Waals surface area contributed by atoms with Crippen molar-refractivity contribution in [2.24, 2.45) is 0 Å². The third-order valence-corrected chi connectivity index (χ3v) is 6.34. The molecule has 1 aromatic carbocycles. The molecule has 2 amide bonds. The highest BCUT2D eigenvalue weighted by atomic mass is 32.1. The second-order valence-corrected chi connectivity index (χ2v) is 8.04. The van der Waals surface area contributed by atoms with Gasteiger partial charge in [0, 0.05) is 29.3 Å². The number of anilines is 1. The van der Waals surface area contributed by atoms with Gasteiger partial charge in [0.15, 0.2) is 0 Å². The molecule has 1 saturated heterocycles. The van der Waals surface area contributed by atoms with Gasteiger partial charge < -0.3 is 15.0 Å². The lowest BCUT2D eigenvalue weighted by Crippen LogP contribution is -2.39. The van der Waals surface area contributed by atoms with Crippen molar-refractivity contribution in [3.63, 3.8) is 0 Å². The van der Waals surface area contributed by atoms with Gasteiger partial charge in [0.1, 0.15) is 6.10 Å². The normalized spacial score (nSPS) is 21.7. The molecule has 0 spiro atoms. The molecule has 6 heteroatoms. The largest absolute Gasteiger partial charge is 0.368 e. The summed E-state index contributed by atoms with van der Waals surface area (Å²) in [5, 5.41) is 5.00. The second kappa shape index (κ2) is 7.82. The number of hydrogen-bond donors (Lipinski definition) is 1. The van der Waals surface area contributed by atoms with Gasteiger partial charge in [0.2, 0.25) is 0 Å². The predicted molar refractivity (Wildman–Crippen MR) is 106 cm³/mol. The third kappa shape index (κ3) is 3.64. The molecule has 1 aromatic heterocycles. The van der Waals surface area contributed by atoms with Gasteiger partial charge in [-0.2, -0.15) is 0 Å². The monoisotopic (exact) mass is 384 g/mol. The van der Waals surface area contributed by atoms with Crippen LogP contribution in [0.4, 0.5) is 5.69 Å². The van der Waals surface area contributed by atoms with Crippen LogP contribution >= 0.6 is 11.3 Å². The Morgan fingerprint density at radius 1 is 1.33 bits per heavy atom. The molecular weight excluding hydrogens is 360 g/mol. The van der Waals surface area contributed by atoms with E-state index in [0.717, 1.165) is 32.2 Å². The number of benzene rings is 1. The number of amides is 2. The van der Waals surface area contributed by atoms with Crippen LogP contribution in [0.3, 0.4) is 0 Å². The quantitative estimate of drug-likeness (QED) is 0.866. The van der Waals surface area contributed by atoms with Gasteiger partial charge in [0.25, 0.3) is 11.8 Å². The minimum Gasteiger partial charge on any atom is -0.368 e. The highest BCUT2D eigenvalue weighted by Crippen LogP contribution is 2.36. The minimum atomic E-state index is -0.382. The van der Waals surface area contributed by atoms with E-state index >= 15 is 0 Å². The van der Waals surface area contributed by atoms with Crippen LogP contribution in [0.5, 0.6) is 0 Å². The average molecular weight is 385 g/mol. The van der Waals surface area contributed by atoms with Crippen molar-refractivity contribution in [3.05, 3.63) is 51.7 Å². The summed E-state index contributed by atoms with van der Waals surface area (Å²) in [7, 11) is 0. The summed E-state index contributed by atoms with van der Waals surface area (Å²) < 4.78 is 5.43. The predicted octanol–water partition coefficient (Wildman–Crippen LogP) is 4.02. The standard InChI is InChI=1S/C21H24N2O3S/c1-2-17-16-9-12-27-19(16)8-10-23(17)21(25)14-5-3-6-15(13-14)22-20(24)18-7-4-11-26-18/h3,5-6,9,12-13,17-18H,2,4,7-8,10-11H2,1H3,(H,22,24). The topological polar surface area (TPSA) is 58.6 Å². The summed E-state index contributed by atoms with van der Waals surface area (Å²) in [6, 6.07) is 9.49. The fourth-order valence-electron chi connectivity index (χ4n) is 3.98. The molecule has 2 aliphatic heterocycles. The Bertz CT molecular complexity index is 841. The molecule has 0 bridgehead atoms. The molecule has 2 atom stereocenters. The summed E-state index contributed by atoms with van der Waals surface area (Å²) in [4.78, 5) is 28.8. The summed E-state index contributed by atoms with van der Waals surface area (Å²) >= 11 is 1.78. The van der Waals surface area contributed by atoms with Gasteiger partial charge in [-0.05, 0) is 60.9 Å². The molecule has 2 aromatic rings. The number of hydrogen-bond acceptors (Lipinski definition) is 4. The Kier molecular flexibility index (Phi) is 5.27. The molecule has 2 unspecified atom stereocenters. The second-order valence-electron chi connectivity index (χ2n) is 7.04. The molecule has 142 valence electrons. The first kappa shape index (κ1) is 18.2. The molecule has 1 fully saturated rings. The van der Waals surface area contributed by atoms with Crippen LogP contribution in [0.2, 0.25) is 0 Å². The van der Waals surface area contributed by atoms with E-state index in [0.29, 0.717) is 17.9 Å². The van der Waals surface area contributed by atoms with Crippen molar-refractivity contribution in [1.82, 2.24) is 4.90 Å². The van der Waals surface area contributed by atoms with Crippen LogP contribution in [0.15, 0.2) is 35.7 Å². The average Bonchev–Trinajstić information content (AvgIpc) is 3.38. The van der Waals surface area contributed by atoms with E-state index in [4.69, 9.17) is 4.74 Å². The molecule has 0 radical (unpaired) electrons. The number of fused-ring (bicyclic) bond motifs is 1. The fourth-order valence-corrected chi connectivity index (χ4v) is 4.91. The van der Waals surface area contributed by atoms with Crippen LogP contribution < -0.4 is 5.32 Å². The lowest BCUT2D eigenvalue weighted by atomic mass is 9.97. The van der Waals surface area contributed by atoms with Crippen molar-refractivity contribution in [2.45, 2.75) is 44.8 Å². The van der Waals surface area contributed by atoms with Crippen molar-refractivity contribution in [1.29, 1.82) is 0 Å². The zero-order chi connectivity index (χ0) is 18.8. The number of rotatable bonds is 4.